The fraction of sp³-hybridized carbons (Fsp3) is 0.238. The van der Waals surface area contributed by atoms with Crippen LogP contribution in [0.2, 0.25) is 0 Å². The monoisotopic (exact) mass is 361 g/mol. The molecule has 2 N–H and O–H groups in total. The molecular formula is C21H23N5O. The fourth-order valence-electron chi connectivity index (χ4n) is 2.81. The van der Waals surface area contributed by atoms with Gasteiger partial charge in [0, 0.05) is 37.0 Å². The number of hydrogen-bond acceptors (Lipinski definition) is 5. The molecule has 27 heavy (non-hydrogen) atoms. The van der Waals surface area contributed by atoms with Gasteiger partial charge in [-0.05, 0) is 35.6 Å². The SMILES string of the molecule is CCc1cccc(CC)c1NC(=O)c1cnc(NCc2cccnc2)nc1. The van der Waals surface area contributed by atoms with Crippen molar-refractivity contribution in [2.24, 2.45) is 0 Å². The van der Waals surface area contributed by atoms with Gasteiger partial charge in [0.15, 0.2) is 0 Å². The molecule has 0 radical (unpaired) electrons. The van der Waals surface area contributed by atoms with Crippen LogP contribution < -0.4 is 10.6 Å². The minimum absolute atomic E-state index is 0.204. The number of pyridine rings is 1. The molecule has 0 fully saturated rings. The van der Waals surface area contributed by atoms with E-state index in [9.17, 15) is 4.79 Å². The molecule has 0 unspecified atom stereocenters. The van der Waals surface area contributed by atoms with Crippen LogP contribution in [0.4, 0.5) is 11.6 Å². The molecule has 138 valence electrons. The van der Waals surface area contributed by atoms with Crippen LogP contribution >= 0.6 is 0 Å². The minimum Gasteiger partial charge on any atom is -0.350 e. The lowest BCUT2D eigenvalue weighted by molar-refractivity contribution is 0.102. The van der Waals surface area contributed by atoms with Crippen molar-refractivity contribution < 1.29 is 4.79 Å². The molecule has 0 saturated carbocycles. The Labute approximate surface area is 159 Å². The van der Waals surface area contributed by atoms with Crippen LogP contribution in [-0.4, -0.2) is 20.9 Å². The van der Waals surface area contributed by atoms with Gasteiger partial charge in [0.2, 0.25) is 5.95 Å². The molecule has 2 aromatic heterocycles. The van der Waals surface area contributed by atoms with Crippen molar-refractivity contribution in [1.29, 1.82) is 0 Å². The number of para-hydroxylation sites is 1. The molecule has 0 bridgehead atoms. The number of rotatable bonds is 7. The highest BCUT2D eigenvalue weighted by Crippen LogP contribution is 2.23. The summed E-state index contributed by atoms with van der Waals surface area (Å²) >= 11 is 0. The summed E-state index contributed by atoms with van der Waals surface area (Å²) in [5.74, 6) is 0.267. The largest absolute Gasteiger partial charge is 0.350 e. The van der Waals surface area contributed by atoms with E-state index in [1.807, 2.05) is 30.3 Å². The van der Waals surface area contributed by atoms with Gasteiger partial charge >= 0.3 is 0 Å². The highest BCUT2D eigenvalue weighted by atomic mass is 16.1. The quantitative estimate of drug-likeness (QED) is 0.668. The van der Waals surface area contributed by atoms with Crippen molar-refractivity contribution in [3.8, 4) is 0 Å². The van der Waals surface area contributed by atoms with Gasteiger partial charge < -0.3 is 10.6 Å². The highest BCUT2D eigenvalue weighted by molar-refractivity contribution is 6.04. The third kappa shape index (κ3) is 4.67. The predicted octanol–water partition coefficient (Wildman–Crippen LogP) is 3.86. The maximum atomic E-state index is 12.6. The number of amides is 1. The molecular weight excluding hydrogens is 338 g/mol. The van der Waals surface area contributed by atoms with Crippen molar-refractivity contribution in [2.75, 3.05) is 10.6 Å². The number of hydrogen-bond donors (Lipinski definition) is 2. The van der Waals surface area contributed by atoms with E-state index < -0.39 is 0 Å². The normalized spacial score (nSPS) is 10.4. The van der Waals surface area contributed by atoms with Crippen LogP contribution in [0.1, 0.15) is 40.9 Å². The van der Waals surface area contributed by atoms with E-state index in [-0.39, 0.29) is 5.91 Å². The van der Waals surface area contributed by atoms with Crippen molar-refractivity contribution in [3.63, 3.8) is 0 Å². The van der Waals surface area contributed by atoms with Gasteiger partial charge in [-0.2, -0.15) is 0 Å². The molecule has 2 heterocycles. The van der Waals surface area contributed by atoms with E-state index in [0.29, 0.717) is 18.1 Å². The van der Waals surface area contributed by atoms with Crippen molar-refractivity contribution in [3.05, 3.63) is 77.4 Å². The molecule has 1 amide bonds. The molecule has 1 aromatic carbocycles. The summed E-state index contributed by atoms with van der Waals surface area (Å²) in [6.07, 6.45) is 8.30. The number of nitrogens with zero attached hydrogens (tertiary/aromatic N) is 3. The minimum atomic E-state index is -0.204. The second-order valence-corrected chi connectivity index (χ2v) is 6.12. The molecule has 0 aliphatic heterocycles. The third-order valence-electron chi connectivity index (χ3n) is 4.32. The molecule has 0 spiro atoms. The zero-order valence-corrected chi connectivity index (χ0v) is 15.6. The first kappa shape index (κ1) is 18.5. The number of aryl methyl sites for hydroxylation is 2. The Balaban J connectivity index is 1.68. The Hall–Kier alpha value is -3.28. The molecule has 0 atom stereocenters. The Morgan fingerprint density at radius 3 is 2.26 bits per heavy atom. The van der Waals surface area contributed by atoms with Crippen molar-refractivity contribution >= 4 is 17.5 Å². The van der Waals surface area contributed by atoms with E-state index in [4.69, 9.17) is 0 Å². The predicted molar refractivity (Wildman–Crippen MR) is 107 cm³/mol. The van der Waals surface area contributed by atoms with Crippen LogP contribution in [0.5, 0.6) is 0 Å². The van der Waals surface area contributed by atoms with Gasteiger partial charge in [0.05, 0.1) is 5.56 Å². The second-order valence-electron chi connectivity index (χ2n) is 6.12. The molecule has 3 aromatic rings. The number of anilines is 2. The van der Waals surface area contributed by atoms with E-state index in [0.717, 1.165) is 35.2 Å². The van der Waals surface area contributed by atoms with Crippen molar-refractivity contribution in [1.82, 2.24) is 15.0 Å². The fourth-order valence-corrected chi connectivity index (χ4v) is 2.81. The number of carbonyl (C=O) groups excluding carboxylic acids is 1. The molecule has 6 heteroatoms. The zero-order valence-electron chi connectivity index (χ0n) is 15.6. The van der Waals surface area contributed by atoms with Crippen LogP contribution in [0.25, 0.3) is 0 Å². The van der Waals surface area contributed by atoms with E-state index in [1.165, 1.54) is 12.4 Å². The third-order valence-corrected chi connectivity index (χ3v) is 4.32. The summed E-state index contributed by atoms with van der Waals surface area (Å²) in [7, 11) is 0. The first-order valence-electron chi connectivity index (χ1n) is 9.08. The molecule has 6 nitrogen and oxygen atoms in total. The lowest BCUT2D eigenvalue weighted by Crippen LogP contribution is -2.16. The van der Waals surface area contributed by atoms with Gasteiger partial charge in [-0.25, -0.2) is 9.97 Å². The van der Waals surface area contributed by atoms with Gasteiger partial charge in [-0.15, -0.1) is 0 Å². The maximum Gasteiger partial charge on any atom is 0.258 e. The smallest absolute Gasteiger partial charge is 0.258 e. The van der Waals surface area contributed by atoms with Gasteiger partial charge in [-0.3, -0.25) is 9.78 Å². The van der Waals surface area contributed by atoms with E-state index >= 15 is 0 Å². The Morgan fingerprint density at radius 1 is 0.963 bits per heavy atom. The van der Waals surface area contributed by atoms with Gasteiger partial charge in [0.1, 0.15) is 0 Å². The average molecular weight is 361 g/mol. The number of benzene rings is 1. The molecule has 0 aliphatic carbocycles. The Bertz CT molecular complexity index is 872. The van der Waals surface area contributed by atoms with Gasteiger partial charge in [0.25, 0.3) is 5.91 Å². The second kappa shape index (κ2) is 8.89. The molecule has 3 rings (SSSR count). The number of carbonyl (C=O) groups is 1. The van der Waals surface area contributed by atoms with Crippen LogP contribution in [0, 0.1) is 0 Å². The summed E-state index contributed by atoms with van der Waals surface area (Å²) in [5, 5.41) is 6.15. The standard InChI is InChI=1S/C21H23N5O/c1-3-16-8-5-9-17(4-2)19(16)26-20(27)18-13-24-21(25-14-18)23-12-15-7-6-10-22-11-15/h5-11,13-14H,3-4,12H2,1-2H3,(H,26,27)(H,23,24,25). The van der Waals surface area contributed by atoms with E-state index in [2.05, 4.69) is 39.4 Å². The van der Waals surface area contributed by atoms with Crippen LogP contribution in [0.3, 0.4) is 0 Å². The highest BCUT2D eigenvalue weighted by Gasteiger charge is 2.12. The summed E-state index contributed by atoms with van der Waals surface area (Å²) < 4.78 is 0. The lowest BCUT2D eigenvalue weighted by atomic mass is 10.0. The Morgan fingerprint density at radius 2 is 1.67 bits per heavy atom. The maximum absolute atomic E-state index is 12.6. The number of nitrogens with one attached hydrogen (secondary N) is 2. The Kier molecular flexibility index (Phi) is 6.10. The number of aromatic nitrogens is 3. The summed E-state index contributed by atoms with van der Waals surface area (Å²) in [6, 6.07) is 9.95. The lowest BCUT2D eigenvalue weighted by Gasteiger charge is -2.14. The average Bonchev–Trinajstić information content (AvgIpc) is 2.73. The van der Waals surface area contributed by atoms with Crippen LogP contribution in [-0.2, 0) is 19.4 Å². The topological polar surface area (TPSA) is 79.8 Å². The molecule has 0 saturated heterocycles. The molecule has 0 aliphatic rings. The summed E-state index contributed by atoms with van der Waals surface area (Å²) in [6.45, 7) is 4.73. The zero-order chi connectivity index (χ0) is 19.1. The van der Waals surface area contributed by atoms with E-state index in [1.54, 1.807) is 12.4 Å². The first-order chi connectivity index (χ1) is 13.2. The van der Waals surface area contributed by atoms with Gasteiger partial charge in [-0.1, -0.05) is 38.1 Å². The summed E-state index contributed by atoms with van der Waals surface area (Å²) in [5.41, 5.74) is 4.60. The van der Waals surface area contributed by atoms with Crippen LogP contribution in [0.15, 0.2) is 55.1 Å². The first-order valence-corrected chi connectivity index (χ1v) is 9.08. The van der Waals surface area contributed by atoms with Crippen molar-refractivity contribution in [2.45, 2.75) is 33.2 Å². The summed E-state index contributed by atoms with van der Waals surface area (Å²) in [4.78, 5) is 25.2.